The number of carboxylic acid groups (broad SMARTS) is 1. The number of aromatic nitrogens is 1. The average Bonchev–Trinajstić information content (AvgIpc) is 3.47. The first-order valence-electron chi connectivity index (χ1n) is 11.7. The summed E-state index contributed by atoms with van der Waals surface area (Å²) < 4.78 is 5.76. The van der Waals surface area contributed by atoms with Crippen molar-refractivity contribution in [3.8, 4) is 0 Å². The number of aryl methyl sites for hydroxylation is 1. The molecule has 1 amide bonds. The number of allylic oxidation sites excluding steroid dienone is 1. The lowest BCUT2D eigenvalue weighted by Gasteiger charge is -2.46. The fraction of sp³-hybridized carbons (Fsp3) is 0.520. The molecule has 6 nitrogen and oxygen atoms in total. The third-order valence-corrected chi connectivity index (χ3v) is 7.93. The summed E-state index contributed by atoms with van der Waals surface area (Å²) in [6, 6.07) is 3.78. The molecule has 2 aromatic heterocycles. The Balaban J connectivity index is 1.43. The van der Waals surface area contributed by atoms with Gasteiger partial charge >= 0.3 is 5.97 Å². The molecule has 4 unspecified atom stereocenters. The SMILES string of the molecule is O=C(O)C1CCCC2C1CCCN2C(=O)CC(c1ccco1)c1c[nH]c2c1C(Cl)=CCC2. The molecule has 2 aromatic rings. The lowest BCUT2D eigenvalue weighted by Crippen LogP contribution is -2.53. The van der Waals surface area contributed by atoms with Crippen LogP contribution in [-0.2, 0) is 16.0 Å². The van der Waals surface area contributed by atoms with Crippen LogP contribution >= 0.6 is 11.6 Å². The number of carbonyl (C=O) groups is 2. The number of nitrogens with one attached hydrogen (secondary N) is 1. The van der Waals surface area contributed by atoms with E-state index in [2.05, 4.69) is 4.98 Å². The molecule has 170 valence electrons. The van der Waals surface area contributed by atoms with Crippen molar-refractivity contribution in [3.63, 3.8) is 0 Å². The zero-order valence-electron chi connectivity index (χ0n) is 18.1. The number of furan rings is 1. The lowest BCUT2D eigenvalue weighted by molar-refractivity contribution is -0.152. The molecule has 2 fully saturated rings. The zero-order chi connectivity index (χ0) is 22.2. The Bertz CT molecular complexity index is 1020. The highest BCUT2D eigenvalue weighted by Crippen LogP contribution is 2.42. The van der Waals surface area contributed by atoms with Crippen molar-refractivity contribution in [2.45, 2.75) is 63.3 Å². The third-order valence-electron chi connectivity index (χ3n) is 7.59. The van der Waals surface area contributed by atoms with Crippen LogP contribution in [-0.4, -0.2) is 39.5 Å². The van der Waals surface area contributed by atoms with Gasteiger partial charge in [-0.3, -0.25) is 9.59 Å². The number of halogens is 1. The van der Waals surface area contributed by atoms with E-state index < -0.39 is 5.97 Å². The average molecular weight is 457 g/mol. The highest BCUT2D eigenvalue weighted by molar-refractivity contribution is 6.49. The highest BCUT2D eigenvalue weighted by atomic mass is 35.5. The monoisotopic (exact) mass is 456 g/mol. The van der Waals surface area contributed by atoms with Gasteiger partial charge in [0.1, 0.15) is 5.76 Å². The van der Waals surface area contributed by atoms with E-state index in [0.29, 0.717) is 13.0 Å². The van der Waals surface area contributed by atoms with Crippen LogP contribution in [0.3, 0.4) is 0 Å². The van der Waals surface area contributed by atoms with Crippen LogP contribution in [0.1, 0.15) is 73.4 Å². The number of carbonyl (C=O) groups excluding carboxylic acids is 1. The first-order valence-corrected chi connectivity index (χ1v) is 12.0. The van der Waals surface area contributed by atoms with Gasteiger partial charge in [0, 0.05) is 41.5 Å². The number of carboxylic acids is 1. The number of fused-ring (bicyclic) bond motifs is 2. The molecule has 5 rings (SSSR count). The summed E-state index contributed by atoms with van der Waals surface area (Å²) in [4.78, 5) is 30.8. The van der Waals surface area contributed by atoms with Crippen molar-refractivity contribution in [2.24, 2.45) is 11.8 Å². The second kappa shape index (κ2) is 8.81. The van der Waals surface area contributed by atoms with Crippen LogP contribution in [0.4, 0.5) is 0 Å². The summed E-state index contributed by atoms with van der Waals surface area (Å²) in [6.07, 6.45) is 11.9. The lowest BCUT2D eigenvalue weighted by atomic mass is 9.71. The maximum absolute atomic E-state index is 13.7. The van der Waals surface area contributed by atoms with Crippen molar-refractivity contribution in [3.05, 3.63) is 53.2 Å². The van der Waals surface area contributed by atoms with Gasteiger partial charge in [-0.05, 0) is 62.1 Å². The second-order valence-electron chi connectivity index (χ2n) is 9.30. The Morgan fingerprint density at radius 1 is 1.28 bits per heavy atom. The minimum atomic E-state index is -0.720. The predicted molar refractivity (Wildman–Crippen MR) is 121 cm³/mol. The van der Waals surface area contributed by atoms with Crippen LogP contribution in [0, 0.1) is 11.8 Å². The van der Waals surface area contributed by atoms with E-state index in [4.69, 9.17) is 16.0 Å². The molecular formula is C25H29ClN2O4. The molecule has 32 heavy (non-hydrogen) atoms. The first-order chi connectivity index (χ1) is 15.5. The van der Waals surface area contributed by atoms with Crippen LogP contribution in [0.25, 0.3) is 5.03 Å². The van der Waals surface area contributed by atoms with Gasteiger partial charge in [-0.2, -0.15) is 0 Å². The topological polar surface area (TPSA) is 86.5 Å². The van der Waals surface area contributed by atoms with Gasteiger partial charge in [0.05, 0.1) is 18.1 Å². The molecule has 2 aliphatic carbocycles. The molecular weight excluding hydrogens is 428 g/mol. The fourth-order valence-electron chi connectivity index (χ4n) is 6.13. The predicted octanol–water partition coefficient (Wildman–Crippen LogP) is 5.15. The maximum Gasteiger partial charge on any atom is 0.306 e. The summed E-state index contributed by atoms with van der Waals surface area (Å²) in [5.41, 5.74) is 3.09. The van der Waals surface area contributed by atoms with Gasteiger partial charge in [0.2, 0.25) is 5.91 Å². The van der Waals surface area contributed by atoms with Crippen LogP contribution in [0.15, 0.2) is 35.1 Å². The minimum Gasteiger partial charge on any atom is -0.481 e. The van der Waals surface area contributed by atoms with Crippen LogP contribution < -0.4 is 0 Å². The van der Waals surface area contributed by atoms with Crippen molar-refractivity contribution in [1.29, 1.82) is 0 Å². The summed E-state index contributed by atoms with van der Waals surface area (Å²) in [6.45, 7) is 0.698. The van der Waals surface area contributed by atoms with Gasteiger partial charge in [0.25, 0.3) is 0 Å². The molecule has 4 atom stereocenters. The van der Waals surface area contributed by atoms with Gasteiger partial charge < -0.3 is 19.4 Å². The van der Waals surface area contributed by atoms with Crippen molar-refractivity contribution < 1.29 is 19.1 Å². The van der Waals surface area contributed by atoms with E-state index >= 15 is 0 Å². The molecule has 1 saturated heterocycles. The normalized spacial score (nSPS) is 26.1. The number of hydrogen-bond donors (Lipinski definition) is 2. The number of amides is 1. The first kappa shape index (κ1) is 21.4. The summed E-state index contributed by atoms with van der Waals surface area (Å²) >= 11 is 6.58. The molecule has 7 heteroatoms. The van der Waals surface area contributed by atoms with Crippen molar-refractivity contribution in [1.82, 2.24) is 9.88 Å². The Morgan fingerprint density at radius 3 is 2.94 bits per heavy atom. The van der Waals surface area contributed by atoms with E-state index in [1.807, 2.05) is 29.3 Å². The maximum atomic E-state index is 13.7. The molecule has 1 aliphatic heterocycles. The summed E-state index contributed by atoms with van der Waals surface area (Å²) in [5.74, 6) is -0.432. The molecule has 0 radical (unpaired) electrons. The summed E-state index contributed by atoms with van der Waals surface area (Å²) in [7, 11) is 0. The van der Waals surface area contributed by atoms with E-state index in [9.17, 15) is 14.7 Å². The van der Waals surface area contributed by atoms with E-state index in [-0.39, 0.29) is 36.1 Å². The largest absolute Gasteiger partial charge is 0.481 e. The molecule has 0 spiro atoms. The van der Waals surface area contributed by atoms with Crippen LogP contribution in [0.5, 0.6) is 0 Å². The number of nitrogens with zero attached hydrogens (tertiary/aromatic N) is 1. The van der Waals surface area contributed by atoms with E-state index in [0.717, 1.165) is 66.1 Å². The van der Waals surface area contributed by atoms with E-state index in [1.54, 1.807) is 6.26 Å². The van der Waals surface area contributed by atoms with E-state index in [1.165, 1.54) is 0 Å². The van der Waals surface area contributed by atoms with Gasteiger partial charge in [0.15, 0.2) is 0 Å². The van der Waals surface area contributed by atoms with Crippen molar-refractivity contribution in [2.75, 3.05) is 6.54 Å². The number of piperidine rings is 1. The third kappa shape index (κ3) is 3.79. The quantitative estimate of drug-likeness (QED) is 0.651. The molecule has 0 aromatic carbocycles. The second-order valence-corrected chi connectivity index (χ2v) is 9.70. The number of aliphatic carboxylic acids is 1. The Morgan fingerprint density at radius 2 is 2.16 bits per heavy atom. The molecule has 0 bridgehead atoms. The van der Waals surface area contributed by atoms with Gasteiger partial charge in [-0.25, -0.2) is 0 Å². The number of H-pyrrole nitrogens is 1. The Hall–Kier alpha value is -2.47. The molecule has 1 saturated carbocycles. The summed E-state index contributed by atoms with van der Waals surface area (Å²) in [5, 5.41) is 10.4. The standard InChI is InChI=1S/C25H29ClN2O4/c26-19-7-2-8-20-24(19)18(14-27-20)17(22-10-4-12-32-22)13-23(29)28-11-3-6-15-16(25(30)31)5-1-9-21(15)28/h4,7,10,12,14-17,21,27H,1-3,5-6,8-9,11,13H2,(H,30,31). The number of aromatic amines is 1. The number of likely N-dealkylation sites (tertiary alicyclic amines) is 1. The highest BCUT2D eigenvalue weighted by Gasteiger charge is 2.44. The van der Waals surface area contributed by atoms with Gasteiger partial charge in [-0.1, -0.05) is 24.1 Å². The van der Waals surface area contributed by atoms with Crippen molar-refractivity contribution >= 4 is 28.5 Å². The smallest absolute Gasteiger partial charge is 0.306 e. The number of rotatable bonds is 5. The Labute approximate surface area is 192 Å². The molecule has 3 heterocycles. The fourth-order valence-corrected chi connectivity index (χ4v) is 6.46. The number of hydrogen-bond acceptors (Lipinski definition) is 3. The Kier molecular flexibility index (Phi) is 5.89. The zero-order valence-corrected chi connectivity index (χ0v) is 18.8. The minimum absolute atomic E-state index is 0.0203. The van der Waals surface area contributed by atoms with Gasteiger partial charge in [-0.15, -0.1) is 0 Å². The molecule has 3 aliphatic rings. The van der Waals surface area contributed by atoms with Crippen LogP contribution in [0.2, 0.25) is 0 Å². The molecule has 2 N–H and O–H groups in total.